The molecule has 4 rings (SSSR count). The molecule has 0 N–H and O–H groups in total. The lowest BCUT2D eigenvalue weighted by Crippen LogP contribution is -2.32. The fourth-order valence-corrected chi connectivity index (χ4v) is 3.52. The minimum atomic E-state index is -0.240. The second kappa shape index (κ2) is 7.06. The summed E-state index contributed by atoms with van der Waals surface area (Å²) in [5, 5.41) is 0. The molecule has 2 aromatic heterocycles. The van der Waals surface area contributed by atoms with Crippen LogP contribution < -0.4 is 4.74 Å². The predicted molar refractivity (Wildman–Crippen MR) is 102 cm³/mol. The minimum Gasteiger partial charge on any atom is -0.435 e. The van der Waals surface area contributed by atoms with E-state index in [0.717, 1.165) is 41.8 Å². The highest BCUT2D eigenvalue weighted by atomic mass is 19.1. The standard InChI is InChI=1S/C22H22FN3O/c1-3-15-12-16(23)7-8-18(15)19-6-4-11-24-20(19)27-17-13-25-21(26-14-17)22(2)9-5-10-22/h4,6-8,11-14H,3,5,9-10H2,1-2H3. The maximum Gasteiger partial charge on any atom is 0.227 e. The van der Waals surface area contributed by atoms with Gasteiger partial charge in [-0.25, -0.2) is 19.3 Å². The van der Waals surface area contributed by atoms with Gasteiger partial charge in [-0.2, -0.15) is 0 Å². The van der Waals surface area contributed by atoms with E-state index in [-0.39, 0.29) is 11.2 Å². The molecule has 1 aliphatic carbocycles. The molecule has 1 aromatic carbocycles. The lowest BCUT2D eigenvalue weighted by Gasteiger charge is -2.36. The van der Waals surface area contributed by atoms with Gasteiger partial charge in [0.15, 0.2) is 5.75 Å². The number of nitrogens with zero attached hydrogens (tertiary/aromatic N) is 3. The number of aromatic nitrogens is 3. The van der Waals surface area contributed by atoms with E-state index in [0.29, 0.717) is 11.6 Å². The average molecular weight is 363 g/mol. The Labute approximate surface area is 158 Å². The molecule has 1 saturated carbocycles. The summed E-state index contributed by atoms with van der Waals surface area (Å²) in [6.07, 6.45) is 9.29. The molecule has 2 heterocycles. The van der Waals surface area contributed by atoms with Gasteiger partial charge in [-0.3, -0.25) is 0 Å². The monoisotopic (exact) mass is 363 g/mol. The summed E-state index contributed by atoms with van der Waals surface area (Å²) in [5.74, 6) is 1.64. The van der Waals surface area contributed by atoms with Gasteiger partial charge in [0, 0.05) is 17.2 Å². The number of benzene rings is 1. The van der Waals surface area contributed by atoms with Gasteiger partial charge in [0.25, 0.3) is 0 Å². The summed E-state index contributed by atoms with van der Waals surface area (Å²) in [4.78, 5) is 13.4. The maximum atomic E-state index is 13.6. The van der Waals surface area contributed by atoms with Crippen LogP contribution in [0, 0.1) is 5.82 Å². The lowest BCUT2D eigenvalue weighted by molar-refractivity contribution is 0.255. The Balaban J connectivity index is 1.64. The van der Waals surface area contributed by atoms with Crippen LogP contribution in [0.1, 0.15) is 44.5 Å². The van der Waals surface area contributed by atoms with Crippen LogP contribution in [0.5, 0.6) is 11.6 Å². The zero-order valence-corrected chi connectivity index (χ0v) is 15.6. The number of halogens is 1. The number of aryl methyl sites for hydroxylation is 1. The third-order valence-corrected chi connectivity index (χ3v) is 5.35. The SMILES string of the molecule is CCc1cc(F)ccc1-c1cccnc1Oc1cnc(C2(C)CCC2)nc1. The van der Waals surface area contributed by atoms with Crippen LogP contribution in [0.2, 0.25) is 0 Å². The van der Waals surface area contributed by atoms with E-state index in [2.05, 4.69) is 21.9 Å². The number of rotatable bonds is 5. The highest BCUT2D eigenvalue weighted by Crippen LogP contribution is 2.41. The van der Waals surface area contributed by atoms with Gasteiger partial charge in [-0.05, 0) is 54.7 Å². The van der Waals surface area contributed by atoms with Crippen molar-refractivity contribution in [3.05, 3.63) is 66.1 Å². The van der Waals surface area contributed by atoms with Crippen molar-refractivity contribution in [2.24, 2.45) is 0 Å². The second-order valence-corrected chi connectivity index (χ2v) is 7.27. The Morgan fingerprint density at radius 1 is 1.07 bits per heavy atom. The number of hydrogen-bond acceptors (Lipinski definition) is 4. The van der Waals surface area contributed by atoms with Crippen LogP contribution in [0.15, 0.2) is 48.9 Å². The highest BCUT2D eigenvalue weighted by Gasteiger charge is 2.36. The molecule has 3 aromatic rings. The largest absolute Gasteiger partial charge is 0.435 e. The van der Waals surface area contributed by atoms with Gasteiger partial charge in [-0.15, -0.1) is 0 Å². The number of pyridine rings is 1. The van der Waals surface area contributed by atoms with Crippen molar-refractivity contribution in [1.82, 2.24) is 15.0 Å². The first-order valence-electron chi connectivity index (χ1n) is 9.33. The Morgan fingerprint density at radius 2 is 1.85 bits per heavy atom. The maximum absolute atomic E-state index is 13.6. The van der Waals surface area contributed by atoms with Crippen molar-refractivity contribution in [3.63, 3.8) is 0 Å². The van der Waals surface area contributed by atoms with Gasteiger partial charge in [0.1, 0.15) is 11.6 Å². The molecule has 1 aliphatic rings. The van der Waals surface area contributed by atoms with E-state index < -0.39 is 0 Å². The first kappa shape index (κ1) is 17.6. The van der Waals surface area contributed by atoms with E-state index >= 15 is 0 Å². The molecular formula is C22H22FN3O. The first-order valence-corrected chi connectivity index (χ1v) is 9.33. The highest BCUT2D eigenvalue weighted by molar-refractivity contribution is 5.72. The van der Waals surface area contributed by atoms with Crippen molar-refractivity contribution >= 4 is 0 Å². The second-order valence-electron chi connectivity index (χ2n) is 7.27. The lowest BCUT2D eigenvalue weighted by atomic mass is 9.70. The van der Waals surface area contributed by atoms with Crippen molar-refractivity contribution in [2.75, 3.05) is 0 Å². The molecule has 0 bridgehead atoms. The third kappa shape index (κ3) is 3.42. The van der Waals surface area contributed by atoms with Crippen LogP contribution in [0.25, 0.3) is 11.1 Å². The summed E-state index contributed by atoms with van der Waals surface area (Å²) in [5.41, 5.74) is 2.75. The van der Waals surface area contributed by atoms with Crippen LogP contribution in [0.4, 0.5) is 4.39 Å². The number of ether oxygens (including phenoxy) is 1. The summed E-state index contributed by atoms with van der Waals surface area (Å²) in [6, 6.07) is 8.57. The molecule has 0 radical (unpaired) electrons. The van der Waals surface area contributed by atoms with Crippen molar-refractivity contribution in [2.45, 2.75) is 44.9 Å². The minimum absolute atomic E-state index is 0.0961. The van der Waals surface area contributed by atoms with Crippen LogP contribution in [0.3, 0.4) is 0 Å². The quantitative estimate of drug-likeness (QED) is 0.603. The summed E-state index contributed by atoms with van der Waals surface area (Å²) >= 11 is 0. The molecule has 0 amide bonds. The summed E-state index contributed by atoms with van der Waals surface area (Å²) in [6.45, 7) is 4.20. The fourth-order valence-electron chi connectivity index (χ4n) is 3.52. The van der Waals surface area contributed by atoms with Crippen LogP contribution >= 0.6 is 0 Å². The van der Waals surface area contributed by atoms with Crippen LogP contribution in [-0.2, 0) is 11.8 Å². The molecule has 0 aliphatic heterocycles. The molecule has 0 spiro atoms. The Bertz CT molecular complexity index is 952. The van der Waals surface area contributed by atoms with E-state index in [1.165, 1.54) is 12.5 Å². The Hall–Kier alpha value is -2.82. The van der Waals surface area contributed by atoms with Gasteiger partial charge in [0.2, 0.25) is 5.88 Å². The Morgan fingerprint density at radius 3 is 2.52 bits per heavy atom. The zero-order valence-electron chi connectivity index (χ0n) is 15.6. The molecule has 0 atom stereocenters. The van der Waals surface area contributed by atoms with E-state index in [1.807, 2.05) is 19.1 Å². The molecule has 4 nitrogen and oxygen atoms in total. The molecule has 27 heavy (non-hydrogen) atoms. The van der Waals surface area contributed by atoms with Crippen molar-refractivity contribution in [3.8, 4) is 22.8 Å². The predicted octanol–water partition coefficient (Wildman–Crippen LogP) is 5.47. The summed E-state index contributed by atoms with van der Waals surface area (Å²) < 4.78 is 19.6. The zero-order chi connectivity index (χ0) is 18.9. The molecule has 0 saturated heterocycles. The Kier molecular flexibility index (Phi) is 4.60. The first-order chi connectivity index (χ1) is 13.1. The van der Waals surface area contributed by atoms with Crippen molar-refractivity contribution in [1.29, 1.82) is 0 Å². The normalized spacial score (nSPS) is 15.2. The molecule has 1 fully saturated rings. The number of hydrogen-bond donors (Lipinski definition) is 0. The van der Waals surface area contributed by atoms with Gasteiger partial charge >= 0.3 is 0 Å². The van der Waals surface area contributed by atoms with E-state index in [9.17, 15) is 4.39 Å². The van der Waals surface area contributed by atoms with E-state index in [4.69, 9.17) is 4.74 Å². The molecular weight excluding hydrogens is 341 g/mol. The van der Waals surface area contributed by atoms with Gasteiger partial charge < -0.3 is 4.74 Å². The topological polar surface area (TPSA) is 47.9 Å². The van der Waals surface area contributed by atoms with E-state index in [1.54, 1.807) is 30.7 Å². The van der Waals surface area contributed by atoms with Crippen molar-refractivity contribution < 1.29 is 9.13 Å². The third-order valence-electron chi connectivity index (χ3n) is 5.35. The fraction of sp³-hybridized carbons (Fsp3) is 0.318. The average Bonchev–Trinajstić information content (AvgIpc) is 2.67. The summed E-state index contributed by atoms with van der Waals surface area (Å²) in [7, 11) is 0. The molecule has 0 unspecified atom stereocenters. The molecule has 138 valence electrons. The smallest absolute Gasteiger partial charge is 0.227 e. The van der Waals surface area contributed by atoms with Crippen LogP contribution in [-0.4, -0.2) is 15.0 Å². The van der Waals surface area contributed by atoms with Gasteiger partial charge in [-0.1, -0.05) is 26.3 Å². The molecule has 5 heteroatoms. The van der Waals surface area contributed by atoms with Gasteiger partial charge in [0.05, 0.1) is 12.4 Å².